The molecule has 0 unspecified atom stereocenters. The van der Waals surface area contributed by atoms with Crippen LogP contribution in [0.5, 0.6) is 0 Å². The molecule has 136 valence electrons. The van der Waals surface area contributed by atoms with E-state index < -0.39 is 29.7 Å². The standard InChI is InChI=1S/C17H28N2O5/c1-17(2,3)24-16(23)18-13(11-7-5-4-6-8-11)14(20)19-10-9-12(19)15(21)22/h11-13H,4-10H2,1-3H3,(H,18,23)(H,21,22)/t12-,13+/m0/s1. The highest BCUT2D eigenvalue weighted by Crippen LogP contribution is 2.29. The lowest BCUT2D eigenvalue weighted by Gasteiger charge is -2.42. The van der Waals surface area contributed by atoms with Gasteiger partial charge in [-0.05, 0) is 46.0 Å². The lowest BCUT2D eigenvalue weighted by Crippen LogP contribution is -2.62. The van der Waals surface area contributed by atoms with Crippen molar-refractivity contribution in [1.29, 1.82) is 0 Å². The number of alkyl carbamates (subject to hydrolysis) is 1. The topological polar surface area (TPSA) is 95.9 Å². The molecule has 0 radical (unpaired) electrons. The van der Waals surface area contributed by atoms with E-state index in [2.05, 4.69) is 5.32 Å². The largest absolute Gasteiger partial charge is 0.480 e. The predicted molar refractivity (Wildman–Crippen MR) is 87.5 cm³/mol. The molecule has 2 aliphatic rings. The van der Waals surface area contributed by atoms with Crippen LogP contribution in [0.3, 0.4) is 0 Å². The second-order valence-corrected chi connectivity index (χ2v) is 7.70. The summed E-state index contributed by atoms with van der Waals surface area (Å²) < 4.78 is 5.28. The summed E-state index contributed by atoms with van der Waals surface area (Å²) in [4.78, 5) is 37.5. The molecular formula is C17H28N2O5. The zero-order valence-electron chi connectivity index (χ0n) is 14.7. The number of hydrogen-bond acceptors (Lipinski definition) is 4. The highest BCUT2D eigenvalue weighted by molar-refractivity contribution is 5.90. The van der Waals surface area contributed by atoms with E-state index >= 15 is 0 Å². The van der Waals surface area contributed by atoms with E-state index in [0.29, 0.717) is 13.0 Å². The van der Waals surface area contributed by atoms with Crippen molar-refractivity contribution in [3.05, 3.63) is 0 Å². The van der Waals surface area contributed by atoms with Crippen LogP contribution in [-0.4, -0.2) is 52.2 Å². The van der Waals surface area contributed by atoms with E-state index in [4.69, 9.17) is 4.74 Å². The first kappa shape index (κ1) is 18.5. The second-order valence-electron chi connectivity index (χ2n) is 7.70. The van der Waals surface area contributed by atoms with Crippen molar-refractivity contribution in [3.63, 3.8) is 0 Å². The molecule has 7 nitrogen and oxygen atoms in total. The molecule has 0 aromatic heterocycles. The lowest BCUT2D eigenvalue weighted by molar-refractivity contribution is -0.159. The summed E-state index contributed by atoms with van der Waals surface area (Å²) in [5, 5.41) is 11.9. The summed E-state index contributed by atoms with van der Waals surface area (Å²) in [5.41, 5.74) is -0.648. The normalized spacial score (nSPS) is 23.1. The number of amides is 2. The van der Waals surface area contributed by atoms with Crippen LogP contribution in [0.15, 0.2) is 0 Å². The number of ether oxygens (including phenoxy) is 1. The number of carboxylic acids is 1. The Hall–Kier alpha value is -1.79. The third-order valence-corrected chi connectivity index (χ3v) is 4.65. The Bertz CT molecular complexity index is 494. The Morgan fingerprint density at radius 1 is 1.12 bits per heavy atom. The zero-order chi connectivity index (χ0) is 17.9. The molecule has 1 aliphatic heterocycles. The van der Waals surface area contributed by atoms with Gasteiger partial charge in [0.15, 0.2) is 0 Å². The molecule has 2 amide bonds. The van der Waals surface area contributed by atoms with Crippen LogP contribution in [-0.2, 0) is 14.3 Å². The van der Waals surface area contributed by atoms with Crippen LogP contribution in [0.4, 0.5) is 4.79 Å². The predicted octanol–water partition coefficient (Wildman–Crippen LogP) is 2.15. The van der Waals surface area contributed by atoms with Crippen molar-refractivity contribution in [3.8, 4) is 0 Å². The van der Waals surface area contributed by atoms with Gasteiger partial charge in [-0.3, -0.25) is 4.79 Å². The van der Waals surface area contributed by atoms with Gasteiger partial charge in [-0.2, -0.15) is 0 Å². The van der Waals surface area contributed by atoms with Crippen molar-refractivity contribution < 1.29 is 24.2 Å². The molecule has 1 saturated heterocycles. The summed E-state index contributed by atoms with van der Waals surface area (Å²) in [6.45, 7) is 5.72. The van der Waals surface area contributed by atoms with E-state index in [9.17, 15) is 19.5 Å². The van der Waals surface area contributed by atoms with Crippen molar-refractivity contribution in [2.75, 3.05) is 6.54 Å². The summed E-state index contributed by atoms with van der Waals surface area (Å²) in [5.74, 6) is -1.26. The van der Waals surface area contributed by atoms with Crippen LogP contribution in [0.25, 0.3) is 0 Å². The molecule has 0 bridgehead atoms. The molecule has 1 heterocycles. The monoisotopic (exact) mass is 340 g/mol. The van der Waals surface area contributed by atoms with Gasteiger partial charge >= 0.3 is 12.1 Å². The number of hydrogen-bond donors (Lipinski definition) is 2. The maximum absolute atomic E-state index is 12.8. The van der Waals surface area contributed by atoms with Crippen molar-refractivity contribution in [2.45, 2.75) is 77.0 Å². The highest BCUT2D eigenvalue weighted by Gasteiger charge is 2.43. The van der Waals surface area contributed by atoms with E-state index in [0.717, 1.165) is 32.1 Å². The fourth-order valence-corrected chi connectivity index (χ4v) is 3.37. The zero-order valence-corrected chi connectivity index (χ0v) is 14.7. The van der Waals surface area contributed by atoms with E-state index in [1.165, 1.54) is 4.90 Å². The molecule has 0 aromatic rings. The van der Waals surface area contributed by atoms with Crippen LogP contribution in [0, 0.1) is 5.92 Å². The van der Waals surface area contributed by atoms with Crippen molar-refractivity contribution in [1.82, 2.24) is 10.2 Å². The van der Waals surface area contributed by atoms with Crippen LogP contribution in [0.1, 0.15) is 59.3 Å². The molecule has 1 saturated carbocycles. The van der Waals surface area contributed by atoms with Crippen LogP contribution < -0.4 is 5.32 Å². The number of rotatable bonds is 4. The van der Waals surface area contributed by atoms with E-state index in [1.54, 1.807) is 20.8 Å². The number of nitrogens with zero attached hydrogens (tertiary/aromatic N) is 1. The average Bonchev–Trinajstić information content (AvgIpc) is 2.41. The Labute approximate surface area is 142 Å². The van der Waals surface area contributed by atoms with Gasteiger partial charge in [-0.1, -0.05) is 19.3 Å². The van der Waals surface area contributed by atoms with Gasteiger partial charge in [0.1, 0.15) is 17.7 Å². The third-order valence-electron chi connectivity index (χ3n) is 4.65. The average molecular weight is 340 g/mol. The Kier molecular flexibility index (Phi) is 5.72. The molecule has 1 aliphatic carbocycles. The fourth-order valence-electron chi connectivity index (χ4n) is 3.37. The quantitative estimate of drug-likeness (QED) is 0.817. The smallest absolute Gasteiger partial charge is 0.408 e. The van der Waals surface area contributed by atoms with Gasteiger partial charge in [-0.25, -0.2) is 9.59 Å². The van der Waals surface area contributed by atoms with E-state index in [1.807, 2.05) is 0 Å². The number of carbonyl (C=O) groups is 3. The Morgan fingerprint density at radius 3 is 2.21 bits per heavy atom. The first-order chi connectivity index (χ1) is 11.2. The van der Waals surface area contributed by atoms with Crippen molar-refractivity contribution in [2.24, 2.45) is 5.92 Å². The summed E-state index contributed by atoms with van der Waals surface area (Å²) in [6, 6.07) is -1.48. The fraction of sp³-hybridized carbons (Fsp3) is 0.824. The van der Waals surface area contributed by atoms with Gasteiger partial charge in [0.2, 0.25) is 5.91 Å². The van der Waals surface area contributed by atoms with Gasteiger partial charge in [0.25, 0.3) is 0 Å². The van der Waals surface area contributed by atoms with Gasteiger partial charge in [0.05, 0.1) is 0 Å². The number of carbonyl (C=O) groups excluding carboxylic acids is 2. The molecule has 0 aromatic carbocycles. The van der Waals surface area contributed by atoms with Gasteiger partial charge < -0.3 is 20.1 Å². The highest BCUT2D eigenvalue weighted by atomic mass is 16.6. The lowest BCUT2D eigenvalue weighted by atomic mass is 9.82. The molecule has 2 N–H and O–H groups in total. The number of nitrogens with one attached hydrogen (secondary N) is 1. The third kappa shape index (κ3) is 4.61. The first-order valence-electron chi connectivity index (χ1n) is 8.72. The van der Waals surface area contributed by atoms with E-state index in [-0.39, 0.29) is 11.8 Å². The van der Waals surface area contributed by atoms with Crippen LogP contribution in [0.2, 0.25) is 0 Å². The molecule has 2 atom stereocenters. The molecule has 24 heavy (non-hydrogen) atoms. The maximum Gasteiger partial charge on any atom is 0.408 e. The minimum Gasteiger partial charge on any atom is -0.480 e. The van der Waals surface area contributed by atoms with Gasteiger partial charge in [0, 0.05) is 6.54 Å². The molecule has 2 fully saturated rings. The number of carboxylic acid groups (broad SMARTS) is 1. The molecule has 2 rings (SSSR count). The summed E-state index contributed by atoms with van der Waals surface area (Å²) in [7, 11) is 0. The number of likely N-dealkylation sites (tertiary alicyclic amines) is 1. The maximum atomic E-state index is 12.8. The summed E-state index contributed by atoms with van der Waals surface area (Å²) in [6.07, 6.45) is 4.73. The minimum absolute atomic E-state index is 0.0359. The minimum atomic E-state index is -0.991. The molecular weight excluding hydrogens is 312 g/mol. The Morgan fingerprint density at radius 2 is 1.75 bits per heavy atom. The summed E-state index contributed by atoms with van der Waals surface area (Å²) >= 11 is 0. The first-order valence-corrected chi connectivity index (χ1v) is 8.72. The second kappa shape index (κ2) is 7.40. The Balaban J connectivity index is 2.09. The molecule has 7 heteroatoms. The van der Waals surface area contributed by atoms with Gasteiger partial charge in [-0.15, -0.1) is 0 Å². The molecule has 0 spiro atoms. The van der Waals surface area contributed by atoms with Crippen molar-refractivity contribution >= 4 is 18.0 Å². The number of aliphatic carboxylic acids is 1. The van der Waals surface area contributed by atoms with Crippen LogP contribution >= 0.6 is 0 Å². The SMILES string of the molecule is CC(C)(C)OC(=O)N[C@@H](C(=O)N1CC[C@H]1C(=O)O)C1CCCCC1.